The van der Waals surface area contributed by atoms with Gasteiger partial charge in [-0.05, 0) is 32.9 Å². The number of aromatic nitrogens is 1. The van der Waals surface area contributed by atoms with Crippen molar-refractivity contribution in [2.45, 2.75) is 64.9 Å². The number of nitrogens with zero attached hydrogens (tertiary/aromatic N) is 2. The van der Waals surface area contributed by atoms with E-state index in [0.717, 1.165) is 25.9 Å². The monoisotopic (exact) mass is 332 g/mol. The second-order valence-electron chi connectivity index (χ2n) is 6.24. The van der Waals surface area contributed by atoms with Crippen molar-refractivity contribution in [2.75, 3.05) is 19.6 Å². The largest absolute Gasteiger partial charge is 0.448 e. The normalized spacial score (nSPS) is 16.5. The molecule has 5 nitrogen and oxygen atoms in total. The summed E-state index contributed by atoms with van der Waals surface area (Å²) in [6.07, 6.45) is 6.79. The van der Waals surface area contributed by atoms with Gasteiger partial charge in [0.15, 0.2) is 17.7 Å². The summed E-state index contributed by atoms with van der Waals surface area (Å²) < 4.78 is 10.8. The van der Waals surface area contributed by atoms with Crippen molar-refractivity contribution >= 4 is 5.97 Å². The molecule has 1 aromatic rings. The fourth-order valence-electron chi connectivity index (χ4n) is 2.92. The molecule has 0 amide bonds. The third-order valence-electron chi connectivity index (χ3n) is 4.47. The number of rotatable bonds is 6. The van der Waals surface area contributed by atoms with E-state index in [2.05, 4.69) is 35.6 Å². The lowest BCUT2D eigenvalue weighted by molar-refractivity contribution is 0.0431. The van der Waals surface area contributed by atoms with Crippen molar-refractivity contribution < 1.29 is 13.9 Å². The van der Waals surface area contributed by atoms with Crippen molar-refractivity contribution in [3.8, 4) is 11.8 Å². The number of ether oxygens (including phenoxy) is 1. The lowest BCUT2D eigenvalue weighted by Gasteiger charge is -2.17. The molecule has 1 atom stereocenters. The van der Waals surface area contributed by atoms with Crippen LogP contribution in [0.1, 0.15) is 75.2 Å². The number of oxazole rings is 1. The molecule has 0 saturated heterocycles. The Balaban J connectivity index is 1.85. The second kappa shape index (κ2) is 9.48. The van der Waals surface area contributed by atoms with Gasteiger partial charge in [0.25, 0.3) is 0 Å². The molecule has 0 bridgehead atoms. The number of hydrogen-bond donors (Lipinski definition) is 0. The van der Waals surface area contributed by atoms with Crippen LogP contribution in [-0.2, 0) is 4.74 Å². The Kier molecular flexibility index (Phi) is 7.33. The van der Waals surface area contributed by atoms with Crippen molar-refractivity contribution in [1.82, 2.24) is 9.88 Å². The van der Waals surface area contributed by atoms with Crippen LogP contribution in [0.15, 0.2) is 10.7 Å². The molecular weight excluding hydrogens is 304 g/mol. The van der Waals surface area contributed by atoms with E-state index in [9.17, 15) is 4.79 Å². The van der Waals surface area contributed by atoms with Crippen LogP contribution in [-0.4, -0.2) is 41.6 Å². The third kappa shape index (κ3) is 5.38. The first-order valence-corrected chi connectivity index (χ1v) is 9.01. The van der Waals surface area contributed by atoms with Crippen LogP contribution < -0.4 is 0 Å². The molecule has 5 heteroatoms. The molecule has 0 aliphatic heterocycles. The summed E-state index contributed by atoms with van der Waals surface area (Å²) in [6.45, 7) is 8.58. The van der Waals surface area contributed by atoms with Gasteiger partial charge >= 0.3 is 5.97 Å². The molecule has 1 heterocycles. The van der Waals surface area contributed by atoms with Gasteiger partial charge < -0.3 is 9.15 Å². The summed E-state index contributed by atoms with van der Waals surface area (Å²) in [5.74, 6) is 6.56. The van der Waals surface area contributed by atoms with E-state index in [1.54, 1.807) is 6.92 Å². The molecular formula is C19H28N2O3. The summed E-state index contributed by atoms with van der Waals surface area (Å²) in [5, 5.41) is 0. The van der Waals surface area contributed by atoms with Gasteiger partial charge in [-0.25, -0.2) is 9.78 Å². The Morgan fingerprint density at radius 3 is 2.75 bits per heavy atom. The first-order chi connectivity index (χ1) is 11.6. The van der Waals surface area contributed by atoms with Crippen LogP contribution in [0.5, 0.6) is 0 Å². The van der Waals surface area contributed by atoms with Gasteiger partial charge in [0, 0.05) is 5.92 Å². The standard InChI is InChI=1S/C19H28N2O3/c1-4-21(5-2)13-9-10-15(3)24-19(22)17-14-23-18(20-17)16-11-7-6-8-12-16/h14-16H,4-8,11-13H2,1-3H3/t15-/m0/s1. The van der Waals surface area contributed by atoms with Gasteiger partial charge in [-0.1, -0.05) is 45.0 Å². The van der Waals surface area contributed by atoms with E-state index in [1.807, 2.05) is 0 Å². The highest BCUT2D eigenvalue weighted by Gasteiger charge is 2.23. The van der Waals surface area contributed by atoms with Crippen LogP contribution in [0.3, 0.4) is 0 Å². The molecule has 1 saturated carbocycles. The SMILES string of the molecule is CCN(CC)CC#C[C@H](C)OC(=O)c1coc(C2CCCCC2)n1. The Labute approximate surface area is 144 Å². The Morgan fingerprint density at radius 1 is 1.38 bits per heavy atom. The molecule has 0 unspecified atom stereocenters. The fourth-order valence-corrected chi connectivity index (χ4v) is 2.92. The average Bonchev–Trinajstić information content (AvgIpc) is 3.10. The predicted molar refractivity (Wildman–Crippen MR) is 92.8 cm³/mol. The van der Waals surface area contributed by atoms with Gasteiger partial charge in [0.05, 0.1) is 6.54 Å². The maximum absolute atomic E-state index is 12.1. The Hall–Kier alpha value is -1.80. The first kappa shape index (κ1) is 18.5. The van der Waals surface area contributed by atoms with Crippen LogP contribution in [0.25, 0.3) is 0 Å². The number of carbonyl (C=O) groups is 1. The Bertz CT molecular complexity index is 575. The summed E-state index contributed by atoms with van der Waals surface area (Å²) in [7, 11) is 0. The maximum atomic E-state index is 12.1. The van der Waals surface area contributed by atoms with Crippen LogP contribution in [0.2, 0.25) is 0 Å². The highest BCUT2D eigenvalue weighted by molar-refractivity contribution is 5.87. The summed E-state index contributed by atoms with van der Waals surface area (Å²) in [6, 6.07) is 0. The summed E-state index contributed by atoms with van der Waals surface area (Å²) in [5.41, 5.74) is 0.243. The van der Waals surface area contributed by atoms with Gasteiger partial charge in [0.1, 0.15) is 6.26 Å². The molecule has 24 heavy (non-hydrogen) atoms. The molecule has 1 aliphatic rings. The second-order valence-corrected chi connectivity index (χ2v) is 6.24. The lowest BCUT2D eigenvalue weighted by Crippen LogP contribution is -2.23. The van der Waals surface area contributed by atoms with Gasteiger partial charge in [-0.15, -0.1) is 0 Å². The van der Waals surface area contributed by atoms with Crippen molar-refractivity contribution in [3.63, 3.8) is 0 Å². The van der Waals surface area contributed by atoms with Crippen molar-refractivity contribution in [3.05, 3.63) is 17.8 Å². The highest BCUT2D eigenvalue weighted by Crippen LogP contribution is 2.32. The summed E-state index contributed by atoms with van der Waals surface area (Å²) >= 11 is 0. The molecule has 0 N–H and O–H groups in total. The van der Waals surface area contributed by atoms with Crippen molar-refractivity contribution in [1.29, 1.82) is 0 Å². The molecule has 1 aliphatic carbocycles. The van der Waals surface area contributed by atoms with Crippen molar-refractivity contribution in [2.24, 2.45) is 0 Å². The summed E-state index contributed by atoms with van der Waals surface area (Å²) in [4.78, 5) is 18.7. The third-order valence-corrected chi connectivity index (χ3v) is 4.47. The molecule has 0 radical (unpaired) electrons. The molecule has 0 spiro atoms. The first-order valence-electron chi connectivity index (χ1n) is 9.01. The smallest absolute Gasteiger partial charge is 0.361 e. The average molecular weight is 332 g/mol. The number of hydrogen-bond acceptors (Lipinski definition) is 5. The molecule has 1 fully saturated rings. The molecule has 1 aromatic heterocycles. The van der Waals surface area contributed by atoms with Crippen LogP contribution in [0.4, 0.5) is 0 Å². The minimum Gasteiger partial charge on any atom is -0.448 e. The minimum absolute atomic E-state index is 0.243. The maximum Gasteiger partial charge on any atom is 0.361 e. The fraction of sp³-hybridized carbons (Fsp3) is 0.684. The van der Waals surface area contributed by atoms with E-state index in [1.165, 1.54) is 25.5 Å². The van der Waals surface area contributed by atoms with E-state index in [0.29, 0.717) is 18.4 Å². The van der Waals surface area contributed by atoms with Crippen LogP contribution >= 0.6 is 0 Å². The molecule has 132 valence electrons. The van der Waals surface area contributed by atoms with E-state index in [-0.39, 0.29) is 5.69 Å². The zero-order valence-electron chi connectivity index (χ0n) is 15.0. The topological polar surface area (TPSA) is 55.6 Å². The van der Waals surface area contributed by atoms with Gasteiger partial charge in [-0.3, -0.25) is 4.90 Å². The number of esters is 1. The van der Waals surface area contributed by atoms with E-state index in [4.69, 9.17) is 9.15 Å². The van der Waals surface area contributed by atoms with E-state index < -0.39 is 12.1 Å². The zero-order chi connectivity index (χ0) is 17.4. The van der Waals surface area contributed by atoms with Gasteiger partial charge in [-0.2, -0.15) is 0 Å². The zero-order valence-corrected chi connectivity index (χ0v) is 15.0. The lowest BCUT2D eigenvalue weighted by atomic mass is 9.89. The molecule has 0 aromatic carbocycles. The van der Waals surface area contributed by atoms with Gasteiger partial charge in [0.2, 0.25) is 0 Å². The van der Waals surface area contributed by atoms with Crippen LogP contribution in [0, 0.1) is 11.8 Å². The quantitative estimate of drug-likeness (QED) is 0.588. The van der Waals surface area contributed by atoms with E-state index >= 15 is 0 Å². The Morgan fingerprint density at radius 2 is 2.08 bits per heavy atom. The highest BCUT2D eigenvalue weighted by atomic mass is 16.5. The minimum atomic E-state index is -0.467. The molecule has 2 rings (SSSR count). The predicted octanol–water partition coefficient (Wildman–Crippen LogP) is 3.61. The number of carbonyl (C=O) groups excluding carboxylic acids is 1.